The standard InChI is InChI=1S/C27H44Br2F2/c1-17(7-6-12-24(2,3)31)20-8-9-21-19-15-23(28)27(29)16-18(30)10-14-26(27,5)22(19)11-13-25(20,21)4/h17-23H,6-16H2,1-5H3/t17-,18?,19+,20-,21+,22+,23?,25-,26-,27?/m1/s1. The first-order valence-corrected chi connectivity index (χ1v) is 14.7. The zero-order valence-corrected chi connectivity index (χ0v) is 23.5. The number of fused-ring (bicyclic) bond motifs is 5. The largest absolute Gasteiger partial charge is 0.247 e. The van der Waals surface area contributed by atoms with Gasteiger partial charge in [0.2, 0.25) is 0 Å². The number of hydrogen-bond donors (Lipinski definition) is 0. The Bertz CT molecular complexity index is 662. The molecule has 0 heterocycles. The Morgan fingerprint density at radius 2 is 1.77 bits per heavy atom. The number of hydrogen-bond acceptors (Lipinski definition) is 0. The molecular formula is C27H44Br2F2. The van der Waals surface area contributed by atoms with Crippen molar-refractivity contribution in [1.29, 1.82) is 0 Å². The Hall–Kier alpha value is 0.820. The molecule has 0 spiro atoms. The molecule has 0 aliphatic heterocycles. The van der Waals surface area contributed by atoms with E-state index in [2.05, 4.69) is 52.6 Å². The summed E-state index contributed by atoms with van der Waals surface area (Å²) in [6, 6.07) is 0. The van der Waals surface area contributed by atoms with Crippen LogP contribution in [-0.2, 0) is 0 Å². The van der Waals surface area contributed by atoms with Crippen LogP contribution < -0.4 is 0 Å². The Balaban J connectivity index is 1.51. The maximum absolute atomic E-state index is 14.5. The van der Waals surface area contributed by atoms with Gasteiger partial charge in [-0.3, -0.25) is 0 Å². The molecule has 4 aliphatic carbocycles. The minimum atomic E-state index is -1.04. The van der Waals surface area contributed by atoms with Crippen LogP contribution in [0.2, 0.25) is 0 Å². The van der Waals surface area contributed by atoms with Gasteiger partial charge in [-0.05, 0) is 112 Å². The van der Waals surface area contributed by atoms with Crippen molar-refractivity contribution >= 4 is 31.9 Å². The zero-order chi connectivity index (χ0) is 22.8. The van der Waals surface area contributed by atoms with Crippen molar-refractivity contribution in [3.05, 3.63) is 0 Å². The molecule has 0 N–H and O–H groups in total. The first kappa shape index (κ1) is 24.9. The van der Waals surface area contributed by atoms with Crippen LogP contribution in [0.25, 0.3) is 0 Å². The van der Waals surface area contributed by atoms with E-state index in [4.69, 9.17) is 0 Å². The van der Waals surface area contributed by atoms with E-state index >= 15 is 0 Å². The molecule has 4 aliphatic rings. The summed E-state index contributed by atoms with van der Waals surface area (Å²) < 4.78 is 28.4. The van der Waals surface area contributed by atoms with Crippen molar-refractivity contribution in [1.82, 2.24) is 0 Å². The van der Waals surface area contributed by atoms with E-state index in [1.54, 1.807) is 13.8 Å². The summed E-state index contributed by atoms with van der Waals surface area (Å²) in [5, 5.41) is 0. The average Bonchev–Trinajstić information content (AvgIpc) is 3.01. The van der Waals surface area contributed by atoms with Gasteiger partial charge in [0.25, 0.3) is 0 Å². The quantitative estimate of drug-likeness (QED) is 0.291. The van der Waals surface area contributed by atoms with Gasteiger partial charge in [-0.2, -0.15) is 0 Å². The van der Waals surface area contributed by atoms with Crippen molar-refractivity contribution < 1.29 is 8.78 Å². The van der Waals surface area contributed by atoms with E-state index in [0.29, 0.717) is 34.9 Å². The highest BCUT2D eigenvalue weighted by atomic mass is 79.9. The average molecular weight is 566 g/mol. The fourth-order valence-electron chi connectivity index (χ4n) is 9.15. The van der Waals surface area contributed by atoms with Gasteiger partial charge in [-0.15, -0.1) is 0 Å². The van der Waals surface area contributed by atoms with Gasteiger partial charge in [-0.1, -0.05) is 65.5 Å². The van der Waals surface area contributed by atoms with Gasteiger partial charge in [-0.25, -0.2) is 8.78 Å². The summed E-state index contributed by atoms with van der Waals surface area (Å²) in [5.74, 6) is 3.74. The van der Waals surface area contributed by atoms with Crippen LogP contribution in [0.1, 0.15) is 105 Å². The second kappa shape index (κ2) is 8.49. The third-order valence-corrected chi connectivity index (χ3v) is 14.4. The number of halogens is 4. The molecule has 31 heavy (non-hydrogen) atoms. The highest BCUT2D eigenvalue weighted by Crippen LogP contribution is 2.71. The SMILES string of the molecule is C[C@H](CCCC(C)(C)F)[C@H]1CC[C@H]2[C@@H]3CC(Br)C4(Br)CC(F)CC[C@]4(C)[C@H]3CC[C@]12C. The highest BCUT2D eigenvalue weighted by Gasteiger charge is 2.66. The molecule has 0 bridgehead atoms. The first-order valence-electron chi connectivity index (χ1n) is 13.0. The van der Waals surface area contributed by atoms with E-state index in [9.17, 15) is 8.78 Å². The molecule has 180 valence electrons. The van der Waals surface area contributed by atoms with Crippen molar-refractivity contribution in [2.24, 2.45) is 40.4 Å². The molecule has 4 rings (SSSR count). The monoisotopic (exact) mass is 564 g/mol. The van der Waals surface area contributed by atoms with Gasteiger partial charge in [0.15, 0.2) is 0 Å². The fourth-order valence-corrected chi connectivity index (χ4v) is 11.3. The molecule has 10 atom stereocenters. The third kappa shape index (κ3) is 4.12. The summed E-state index contributed by atoms with van der Waals surface area (Å²) in [4.78, 5) is 0.357. The molecule has 4 saturated carbocycles. The van der Waals surface area contributed by atoms with E-state index in [0.717, 1.165) is 43.4 Å². The summed E-state index contributed by atoms with van der Waals surface area (Å²) in [5.41, 5.74) is -0.425. The highest BCUT2D eigenvalue weighted by molar-refractivity contribution is 9.12. The summed E-state index contributed by atoms with van der Waals surface area (Å²) in [6.45, 7) is 11.0. The molecule has 3 unspecified atom stereocenters. The molecule has 0 aromatic heterocycles. The third-order valence-electron chi connectivity index (χ3n) is 10.9. The van der Waals surface area contributed by atoms with Gasteiger partial charge < -0.3 is 0 Å². The second-order valence-corrected chi connectivity index (χ2v) is 15.5. The minimum Gasteiger partial charge on any atom is -0.247 e. The predicted molar refractivity (Wildman–Crippen MR) is 135 cm³/mol. The van der Waals surface area contributed by atoms with Crippen LogP contribution >= 0.6 is 31.9 Å². The number of rotatable bonds is 5. The van der Waals surface area contributed by atoms with Crippen LogP contribution in [0, 0.1) is 40.4 Å². The van der Waals surface area contributed by atoms with Gasteiger partial charge >= 0.3 is 0 Å². The van der Waals surface area contributed by atoms with Gasteiger partial charge in [0, 0.05) is 9.15 Å². The lowest BCUT2D eigenvalue weighted by molar-refractivity contribution is -0.105. The van der Waals surface area contributed by atoms with Crippen molar-refractivity contribution in [3.8, 4) is 0 Å². The van der Waals surface area contributed by atoms with Crippen LogP contribution in [0.3, 0.4) is 0 Å². The Morgan fingerprint density at radius 3 is 2.45 bits per heavy atom. The topological polar surface area (TPSA) is 0 Å². The molecular weight excluding hydrogens is 522 g/mol. The Morgan fingerprint density at radius 1 is 1.06 bits per heavy atom. The van der Waals surface area contributed by atoms with Crippen LogP contribution in [0.15, 0.2) is 0 Å². The van der Waals surface area contributed by atoms with Crippen LogP contribution in [0.4, 0.5) is 8.78 Å². The molecule has 0 aromatic rings. The lowest BCUT2D eigenvalue weighted by Crippen LogP contribution is -2.64. The molecule has 0 saturated heterocycles. The molecule has 0 aromatic carbocycles. The number of alkyl halides is 4. The second-order valence-electron chi connectivity index (χ2n) is 13.0. The van der Waals surface area contributed by atoms with Gasteiger partial charge in [0.05, 0.1) is 0 Å². The Labute approximate surface area is 206 Å². The molecule has 0 nitrogen and oxygen atoms in total. The summed E-state index contributed by atoms with van der Waals surface area (Å²) >= 11 is 8.22. The normalized spacial score (nSPS) is 51.0. The predicted octanol–water partition coefficient (Wildman–Crippen LogP) is 9.43. The minimum absolute atomic E-state index is 0.100. The molecule has 0 amide bonds. The summed E-state index contributed by atoms with van der Waals surface area (Å²) in [7, 11) is 0. The van der Waals surface area contributed by atoms with E-state index in [1.165, 1.54) is 32.1 Å². The smallest absolute Gasteiger partial charge is 0.105 e. The Kier molecular flexibility index (Phi) is 6.83. The first-order chi connectivity index (χ1) is 14.3. The maximum atomic E-state index is 14.5. The van der Waals surface area contributed by atoms with E-state index in [-0.39, 0.29) is 9.74 Å². The van der Waals surface area contributed by atoms with E-state index in [1.807, 2.05) is 0 Å². The molecule has 4 fully saturated rings. The van der Waals surface area contributed by atoms with Crippen molar-refractivity contribution in [2.45, 2.75) is 126 Å². The lowest BCUT2D eigenvalue weighted by atomic mass is 9.44. The lowest BCUT2D eigenvalue weighted by Gasteiger charge is -2.65. The van der Waals surface area contributed by atoms with Crippen LogP contribution in [0.5, 0.6) is 0 Å². The fraction of sp³-hybridized carbons (Fsp3) is 1.00. The van der Waals surface area contributed by atoms with Crippen molar-refractivity contribution in [3.63, 3.8) is 0 Å². The molecule has 4 heteroatoms. The van der Waals surface area contributed by atoms with Crippen LogP contribution in [-0.4, -0.2) is 21.0 Å². The van der Waals surface area contributed by atoms with Crippen molar-refractivity contribution in [2.75, 3.05) is 0 Å². The maximum Gasteiger partial charge on any atom is 0.105 e. The van der Waals surface area contributed by atoms with E-state index < -0.39 is 11.8 Å². The summed E-state index contributed by atoms with van der Waals surface area (Å²) in [6.07, 6.45) is 11.1. The zero-order valence-electron chi connectivity index (χ0n) is 20.3. The van der Waals surface area contributed by atoms with Gasteiger partial charge in [0.1, 0.15) is 11.8 Å². The molecule has 0 radical (unpaired) electrons.